The Bertz CT molecular complexity index is 589. The Balaban J connectivity index is 1.36. The van der Waals surface area contributed by atoms with Crippen LogP contribution in [0.4, 0.5) is 0 Å². The van der Waals surface area contributed by atoms with Gasteiger partial charge in [-0.3, -0.25) is 0 Å². The molecule has 4 heteroatoms. The second-order valence-corrected chi connectivity index (χ2v) is 5.98. The lowest BCUT2D eigenvalue weighted by Crippen LogP contribution is -2.32. The standard InChI is InChI=1S/C17H18BrNO2/c18-14-6-7-17-13(10-14)11-16(21-17)12-19-8-9-20-15-4-2-1-3-5-15/h1-7,10,16,19H,8-9,11-12H2. The number of rotatable bonds is 6. The molecule has 3 rings (SSSR count). The first-order valence-electron chi connectivity index (χ1n) is 7.15. The second-order valence-electron chi connectivity index (χ2n) is 5.06. The summed E-state index contributed by atoms with van der Waals surface area (Å²) in [7, 11) is 0. The Kier molecular flexibility index (Phi) is 4.78. The summed E-state index contributed by atoms with van der Waals surface area (Å²) in [6.07, 6.45) is 1.17. The normalized spacial score (nSPS) is 16.3. The molecule has 0 aromatic heterocycles. The topological polar surface area (TPSA) is 30.5 Å². The number of halogens is 1. The fourth-order valence-corrected chi connectivity index (χ4v) is 2.83. The van der Waals surface area contributed by atoms with Gasteiger partial charge in [0.1, 0.15) is 24.2 Å². The summed E-state index contributed by atoms with van der Waals surface area (Å²) in [5.41, 5.74) is 1.27. The van der Waals surface area contributed by atoms with Gasteiger partial charge in [-0.2, -0.15) is 0 Å². The molecule has 0 amide bonds. The molecule has 0 fully saturated rings. The Morgan fingerprint density at radius 1 is 1.19 bits per heavy atom. The highest BCUT2D eigenvalue weighted by atomic mass is 79.9. The van der Waals surface area contributed by atoms with E-state index >= 15 is 0 Å². The van der Waals surface area contributed by atoms with Crippen molar-refractivity contribution < 1.29 is 9.47 Å². The van der Waals surface area contributed by atoms with E-state index in [0.29, 0.717) is 6.61 Å². The van der Waals surface area contributed by atoms with E-state index in [9.17, 15) is 0 Å². The number of hydrogen-bond donors (Lipinski definition) is 1. The van der Waals surface area contributed by atoms with Crippen molar-refractivity contribution in [3.8, 4) is 11.5 Å². The molecule has 21 heavy (non-hydrogen) atoms. The van der Waals surface area contributed by atoms with E-state index in [1.54, 1.807) is 0 Å². The van der Waals surface area contributed by atoms with Crippen LogP contribution >= 0.6 is 15.9 Å². The van der Waals surface area contributed by atoms with Gasteiger partial charge < -0.3 is 14.8 Å². The van der Waals surface area contributed by atoms with E-state index in [1.165, 1.54) is 5.56 Å². The summed E-state index contributed by atoms with van der Waals surface area (Å²) in [5.74, 6) is 1.92. The van der Waals surface area contributed by atoms with Gasteiger partial charge in [-0.1, -0.05) is 34.1 Å². The summed E-state index contributed by atoms with van der Waals surface area (Å²) < 4.78 is 12.6. The third-order valence-corrected chi connectivity index (χ3v) is 3.92. The highest BCUT2D eigenvalue weighted by molar-refractivity contribution is 9.10. The molecule has 1 atom stereocenters. The largest absolute Gasteiger partial charge is 0.492 e. The Labute approximate surface area is 133 Å². The highest BCUT2D eigenvalue weighted by Crippen LogP contribution is 2.30. The summed E-state index contributed by atoms with van der Waals surface area (Å²) in [6, 6.07) is 16.0. The summed E-state index contributed by atoms with van der Waals surface area (Å²) in [6.45, 7) is 2.31. The van der Waals surface area contributed by atoms with E-state index in [-0.39, 0.29) is 6.10 Å². The fourth-order valence-electron chi connectivity index (χ4n) is 2.42. The minimum absolute atomic E-state index is 0.214. The molecule has 0 radical (unpaired) electrons. The molecule has 0 spiro atoms. The molecule has 0 bridgehead atoms. The highest BCUT2D eigenvalue weighted by Gasteiger charge is 2.22. The van der Waals surface area contributed by atoms with Gasteiger partial charge in [-0.15, -0.1) is 0 Å². The fraction of sp³-hybridized carbons (Fsp3) is 0.294. The van der Waals surface area contributed by atoms with Crippen molar-refractivity contribution >= 4 is 15.9 Å². The maximum absolute atomic E-state index is 5.90. The Morgan fingerprint density at radius 3 is 2.90 bits per heavy atom. The van der Waals surface area contributed by atoms with Gasteiger partial charge >= 0.3 is 0 Å². The van der Waals surface area contributed by atoms with E-state index in [4.69, 9.17) is 9.47 Å². The predicted octanol–water partition coefficient (Wildman–Crippen LogP) is 3.42. The first-order valence-corrected chi connectivity index (χ1v) is 7.94. The summed E-state index contributed by atoms with van der Waals surface area (Å²) >= 11 is 3.49. The maximum Gasteiger partial charge on any atom is 0.123 e. The minimum Gasteiger partial charge on any atom is -0.492 e. The van der Waals surface area contributed by atoms with Crippen molar-refractivity contribution in [3.63, 3.8) is 0 Å². The second kappa shape index (κ2) is 6.96. The molecule has 1 heterocycles. The van der Waals surface area contributed by atoms with E-state index in [1.807, 2.05) is 42.5 Å². The lowest BCUT2D eigenvalue weighted by molar-refractivity contribution is 0.222. The molecule has 1 unspecified atom stereocenters. The van der Waals surface area contributed by atoms with E-state index < -0.39 is 0 Å². The Hall–Kier alpha value is -1.52. The molecule has 0 saturated heterocycles. The number of hydrogen-bond acceptors (Lipinski definition) is 3. The van der Waals surface area contributed by atoms with Crippen LogP contribution in [0.25, 0.3) is 0 Å². The van der Waals surface area contributed by atoms with Crippen molar-refractivity contribution in [3.05, 3.63) is 58.6 Å². The molecule has 3 nitrogen and oxygen atoms in total. The zero-order chi connectivity index (χ0) is 14.5. The maximum atomic E-state index is 5.90. The first kappa shape index (κ1) is 14.4. The minimum atomic E-state index is 0.214. The van der Waals surface area contributed by atoms with Crippen molar-refractivity contribution in [2.24, 2.45) is 0 Å². The third kappa shape index (κ3) is 3.99. The van der Waals surface area contributed by atoms with Crippen LogP contribution in [0.2, 0.25) is 0 Å². The molecule has 110 valence electrons. The quantitative estimate of drug-likeness (QED) is 0.812. The Morgan fingerprint density at radius 2 is 2.05 bits per heavy atom. The summed E-state index contributed by atoms with van der Waals surface area (Å²) in [5, 5.41) is 3.39. The molecule has 2 aromatic rings. The molecule has 0 aliphatic carbocycles. The smallest absolute Gasteiger partial charge is 0.123 e. The third-order valence-electron chi connectivity index (χ3n) is 3.43. The molecule has 1 aliphatic heterocycles. The SMILES string of the molecule is Brc1ccc2c(c1)CC(CNCCOc1ccccc1)O2. The zero-order valence-electron chi connectivity index (χ0n) is 11.7. The molecule has 1 aliphatic rings. The van der Waals surface area contributed by atoms with Gasteiger partial charge in [0.15, 0.2) is 0 Å². The number of ether oxygens (including phenoxy) is 2. The number of para-hydroxylation sites is 1. The van der Waals surface area contributed by atoms with Crippen molar-refractivity contribution in [2.75, 3.05) is 19.7 Å². The molecule has 2 aromatic carbocycles. The molecule has 1 N–H and O–H groups in total. The lowest BCUT2D eigenvalue weighted by Gasteiger charge is -2.12. The van der Waals surface area contributed by atoms with Gasteiger partial charge in [0, 0.05) is 24.0 Å². The van der Waals surface area contributed by atoms with Gasteiger partial charge in [0.25, 0.3) is 0 Å². The van der Waals surface area contributed by atoms with Gasteiger partial charge in [-0.25, -0.2) is 0 Å². The van der Waals surface area contributed by atoms with Crippen LogP contribution in [-0.2, 0) is 6.42 Å². The van der Waals surface area contributed by atoms with Crippen molar-refractivity contribution in [2.45, 2.75) is 12.5 Å². The van der Waals surface area contributed by atoms with Crippen LogP contribution in [0.1, 0.15) is 5.56 Å². The zero-order valence-corrected chi connectivity index (χ0v) is 13.3. The number of benzene rings is 2. The van der Waals surface area contributed by atoms with Crippen LogP contribution < -0.4 is 14.8 Å². The molecular weight excluding hydrogens is 330 g/mol. The van der Waals surface area contributed by atoms with Crippen molar-refractivity contribution in [1.29, 1.82) is 0 Å². The van der Waals surface area contributed by atoms with Crippen molar-refractivity contribution in [1.82, 2.24) is 5.32 Å². The van der Waals surface area contributed by atoms with Gasteiger partial charge in [0.05, 0.1) is 0 Å². The lowest BCUT2D eigenvalue weighted by atomic mass is 10.1. The molecule has 0 saturated carbocycles. The summed E-state index contributed by atoms with van der Waals surface area (Å²) in [4.78, 5) is 0. The average molecular weight is 348 g/mol. The number of nitrogens with one attached hydrogen (secondary N) is 1. The van der Waals surface area contributed by atoms with Crippen LogP contribution in [0, 0.1) is 0 Å². The van der Waals surface area contributed by atoms with E-state index in [0.717, 1.165) is 35.5 Å². The van der Waals surface area contributed by atoms with Crippen LogP contribution in [0.5, 0.6) is 11.5 Å². The first-order chi connectivity index (χ1) is 10.3. The molecular formula is C17H18BrNO2. The van der Waals surface area contributed by atoms with E-state index in [2.05, 4.69) is 27.3 Å². The average Bonchev–Trinajstić information content (AvgIpc) is 2.90. The monoisotopic (exact) mass is 347 g/mol. The van der Waals surface area contributed by atoms with Gasteiger partial charge in [-0.05, 0) is 35.9 Å². The van der Waals surface area contributed by atoms with Crippen LogP contribution in [-0.4, -0.2) is 25.8 Å². The number of fused-ring (bicyclic) bond motifs is 1. The van der Waals surface area contributed by atoms with Gasteiger partial charge in [0.2, 0.25) is 0 Å². The van der Waals surface area contributed by atoms with Crippen LogP contribution in [0.3, 0.4) is 0 Å². The van der Waals surface area contributed by atoms with Crippen LogP contribution in [0.15, 0.2) is 53.0 Å². The predicted molar refractivity (Wildman–Crippen MR) is 87.1 cm³/mol.